The maximum atomic E-state index is 12.7. The molecule has 7 heteroatoms. The van der Waals surface area contributed by atoms with Crippen LogP contribution in [0.2, 0.25) is 0 Å². The number of hydrogen-bond acceptors (Lipinski definition) is 5. The molecule has 2 heterocycles. The molecule has 0 spiro atoms. The first-order valence-corrected chi connectivity index (χ1v) is 11.2. The molecule has 1 N–H and O–H groups in total. The Kier molecular flexibility index (Phi) is 5.90. The fourth-order valence-corrected chi connectivity index (χ4v) is 5.35. The minimum atomic E-state index is -0.111. The van der Waals surface area contributed by atoms with Crippen molar-refractivity contribution in [2.24, 2.45) is 11.8 Å². The van der Waals surface area contributed by atoms with E-state index in [-0.39, 0.29) is 17.8 Å². The van der Waals surface area contributed by atoms with Crippen LogP contribution in [0.25, 0.3) is 15.3 Å². The van der Waals surface area contributed by atoms with E-state index in [1.165, 1.54) is 7.11 Å². The van der Waals surface area contributed by atoms with E-state index in [1.54, 1.807) is 11.3 Å². The number of benzene rings is 1. The summed E-state index contributed by atoms with van der Waals surface area (Å²) in [5.74, 6) is 0.251. The summed E-state index contributed by atoms with van der Waals surface area (Å²) < 4.78 is 7.98. The molecule has 1 fully saturated rings. The highest BCUT2D eigenvalue weighted by Gasteiger charge is 2.27. The molecule has 1 aliphatic rings. The molecule has 0 saturated heterocycles. The minimum Gasteiger partial charge on any atom is -0.469 e. The van der Waals surface area contributed by atoms with E-state index in [9.17, 15) is 9.59 Å². The van der Waals surface area contributed by atoms with Gasteiger partial charge in [-0.2, -0.15) is 0 Å². The third-order valence-electron chi connectivity index (χ3n) is 6.03. The molecule has 0 aliphatic heterocycles. The highest BCUT2D eigenvalue weighted by Crippen LogP contribution is 2.30. The zero-order valence-corrected chi connectivity index (χ0v) is 18.4. The molecule has 1 amide bonds. The summed E-state index contributed by atoms with van der Waals surface area (Å²) in [5, 5.41) is 3.99. The molecule has 30 heavy (non-hydrogen) atoms. The van der Waals surface area contributed by atoms with Crippen LogP contribution < -0.4 is 5.32 Å². The van der Waals surface area contributed by atoms with Gasteiger partial charge in [-0.05, 0) is 75.8 Å². The van der Waals surface area contributed by atoms with Crippen molar-refractivity contribution in [3.8, 4) is 5.13 Å². The van der Waals surface area contributed by atoms with E-state index in [0.29, 0.717) is 18.0 Å². The molecule has 2 aromatic heterocycles. The fourth-order valence-electron chi connectivity index (χ4n) is 4.23. The summed E-state index contributed by atoms with van der Waals surface area (Å²) in [4.78, 5) is 29.1. The predicted octanol–water partition coefficient (Wildman–Crippen LogP) is 4.41. The van der Waals surface area contributed by atoms with Gasteiger partial charge in [0.25, 0.3) is 5.91 Å². The maximum Gasteiger partial charge on any atom is 0.308 e. The second kappa shape index (κ2) is 8.60. The average molecular weight is 426 g/mol. The van der Waals surface area contributed by atoms with E-state index < -0.39 is 0 Å². The third kappa shape index (κ3) is 4.12. The number of nitrogens with one attached hydrogen (secondary N) is 1. The highest BCUT2D eigenvalue weighted by molar-refractivity contribution is 7.20. The lowest BCUT2D eigenvalue weighted by Gasteiger charge is -2.26. The minimum absolute atomic E-state index is 0.0115. The lowest BCUT2D eigenvalue weighted by atomic mass is 9.82. The second-order valence-electron chi connectivity index (χ2n) is 8.08. The van der Waals surface area contributed by atoms with Gasteiger partial charge >= 0.3 is 5.97 Å². The number of rotatable bonds is 5. The van der Waals surface area contributed by atoms with E-state index in [2.05, 4.69) is 35.9 Å². The smallest absolute Gasteiger partial charge is 0.308 e. The van der Waals surface area contributed by atoms with E-state index in [0.717, 1.165) is 52.4 Å². The SMILES string of the molecule is COC(=O)C1CCC(CNC(=O)c2ccc3nc(-n4c(C)ccc4C)sc3c2)CC1. The molecule has 0 radical (unpaired) electrons. The number of thiazole rings is 1. The monoisotopic (exact) mass is 425 g/mol. The molecular weight excluding hydrogens is 398 g/mol. The van der Waals surface area contributed by atoms with Crippen LogP contribution in [0, 0.1) is 25.7 Å². The normalized spacial score (nSPS) is 19.0. The van der Waals surface area contributed by atoms with Crippen molar-refractivity contribution in [3.05, 3.63) is 47.3 Å². The van der Waals surface area contributed by atoms with Gasteiger partial charge in [0.1, 0.15) is 0 Å². The van der Waals surface area contributed by atoms with E-state index in [1.807, 2.05) is 18.2 Å². The van der Waals surface area contributed by atoms with Gasteiger partial charge in [0.15, 0.2) is 5.13 Å². The van der Waals surface area contributed by atoms with E-state index >= 15 is 0 Å². The van der Waals surface area contributed by atoms with Gasteiger partial charge in [-0.3, -0.25) is 14.2 Å². The van der Waals surface area contributed by atoms with Crippen LogP contribution in [0.3, 0.4) is 0 Å². The molecule has 158 valence electrons. The van der Waals surface area contributed by atoms with Gasteiger partial charge < -0.3 is 10.1 Å². The van der Waals surface area contributed by atoms with E-state index in [4.69, 9.17) is 9.72 Å². The number of hydrogen-bond donors (Lipinski definition) is 1. The zero-order valence-electron chi connectivity index (χ0n) is 17.6. The predicted molar refractivity (Wildman–Crippen MR) is 118 cm³/mol. The Balaban J connectivity index is 1.40. The molecule has 0 bridgehead atoms. The summed E-state index contributed by atoms with van der Waals surface area (Å²) in [6.45, 7) is 4.77. The second-order valence-corrected chi connectivity index (χ2v) is 9.09. The van der Waals surface area contributed by atoms with Crippen LogP contribution >= 0.6 is 11.3 Å². The molecule has 3 aromatic rings. The van der Waals surface area contributed by atoms with Crippen molar-refractivity contribution in [1.29, 1.82) is 0 Å². The number of methoxy groups -OCH3 is 1. The standard InChI is InChI=1S/C23H27N3O3S/c1-14-4-5-15(2)26(14)23-25-19-11-10-18(12-20(19)30-23)21(27)24-13-16-6-8-17(9-7-16)22(28)29-3/h4-5,10-12,16-17H,6-9,13H2,1-3H3,(H,24,27). The Bertz CT molecular complexity index is 1060. The first-order chi connectivity index (χ1) is 14.5. The number of amides is 1. The lowest BCUT2D eigenvalue weighted by Crippen LogP contribution is -2.32. The maximum absolute atomic E-state index is 12.7. The number of fused-ring (bicyclic) bond motifs is 1. The quantitative estimate of drug-likeness (QED) is 0.615. The molecule has 1 saturated carbocycles. The summed E-state index contributed by atoms with van der Waals surface area (Å²) in [6, 6.07) is 9.84. The average Bonchev–Trinajstić information content (AvgIpc) is 3.33. The van der Waals surface area contributed by atoms with Gasteiger partial charge in [0.05, 0.1) is 23.2 Å². The van der Waals surface area contributed by atoms with Crippen LogP contribution in [-0.2, 0) is 9.53 Å². The largest absolute Gasteiger partial charge is 0.469 e. The number of carbonyl (C=O) groups excluding carboxylic acids is 2. The molecule has 0 atom stereocenters. The van der Waals surface area contributed by atoms with Gasteiger partial charge in [-0.25, -0.2) is 4.98 Å². The molecule has 4 rings (SSSR count). The van der Waals surface area contributed by atoms with Crippen molar-refractivity contribution in [2.45, 2.75) is 39.5 Å². The number of nitrogens with zero attached hydrogens (tertiary/aromatic N) is 2. The van der Waals surface area contributed by atoms with Gasteiger partial charge in [-0.15, -0.1) is 0 Å². The van der Waals surface area contributed by atoms with Crippen LogP contribution in [-0.4, -0.2) is 35.1 Å². The van der Waals surface area contributed by atoms with Crippen molar-refractivity contribution in [1.82, 2.24) is 14.9 Å². The third-order valence-corrected chi connectivity index (χ3v) is 7.04. The first kappa shape index (κ1) is 20.6. The van der Waals surface area contributed by atoms with Crippen LogP contribution in [0.4, 0.5) is 0 Å². The zero-order chi connectivity index (χ0) is 21.3. The molecular formula is C23H27N3O3S. The van der Waals surface area contributed by atoms with Gasteiger partial charge in [0, 0.05) is 23.5 Å². The Hall–Kier alpha value is -2.67. The molecule has 1 aromatic carbocycles. The summed E-state index contributed by atoms with van der Waals surface area (Å²) >= 11 is 1.59. The van der Waals surface area contributed by atoms with Crippen molar-refractivity contribution in [2.75, 3.05) is 13.7 Å². The van der Waals surface area contributed by atoms with Crippen LogP contribution in [0.15, 0.2) is 30.3 Å². The number of ether oxygens (including phenoxy) is 1. The molecule has 6 nitrogen and oxygen atoms in total. The number of carbonyl (C=O) groups is 2. The van der Waals surface area contributed by atoms with Gasteiger partial charge in [-0.1, -0.05) is 11.3 Å². The number of aromatic nitrogens is 2. The van der Waals surface area contributed by atoms with Crippen molar-refractivity contribution < 1.29 is 14.3 Å². The first-order valence-electron chi connectivity index (χ1n) is 10.4. The Labute approximate surface area is 180 Å². The molecule has 1 aliphatic carbocycles. The topological polar surface area (TPSA) is 73.2 Å². The number of esters is 1. The highest BCUT2D eigenvalue weighted by atomic mass is 32.1. The molecule has 0 unspecified atom stereocenters. The van der Waals surface area contributed by atoms with Gasteiger partial charge in [0.2, 0.25) is 0 Å². The van der Waals surface area contributed by atoms with Crippen molar-refractivity contribution in [3.63, 3.8) is 0 Å². The Morgan fingerprint density at radius 1 is 1.13 bits per heavy atom. The fraction of sp³-hybridized carbons (Fsp3) is 0.435. The van der Waals surface area contributed by atoms with Crippen molar-refractivity contribution >= 4 is 33.4 Å². The lowest BCUT2D eigenvalue weighted by molar-refractivity contribution is -0.146. The Morgan fingerprint density at radius 2 is 1.83 bits per heavy atom. The summed E-state index contributed by atoms with van der Waals surface area (Å²) in [6.07, 6.45) is 3.54. The Morgan fingerprint density at radius 3 is 2.50 bits per heavy atom. The summed E-state index contributed by atoms with van der Waals surface area (Å²) in [7, 11) is 1.44. The number of aryl methyl sites for hydroxylation is 2. The summed E-state index contributed by atoms with van der Waals surface area (Å²) in [5.41, 5.74) is 3.85. The van der Waals surface area contributed by atoms with Crippen LogP contribution in [0.5, 0.6) is 0 Å². The van der Waals surface area contributed by atoms with Crippen LogP contribution in [0.1, 0.15) is 47.4 Å².